The van der Waals surface area contributed by atoms with Crippen LogP contribution in [0.25, 0.3) is 21.8 Å². The molecule has 5 heteroatoms. The first-order valence-electron chi connectivity index (χ1n) is 7.98. The molecule has 0 amide bonds. The average molecular weight is 335 g/mol. The third kappa shape index (κ3) is 2.89. The number of benzene rings is 2. The molecule has 0 fully saturated rings. The summed E-state index contributed by atoms with van der Waals surface area (Å²) in [5, 5.41) is 1.91. The maximum Gasteiger partial charge on any atom is 0.150 e. The molecule has 124 valence electrons. The van der Waals surface area contributed by atoms with E-state index < -0.39 is 11.6 Å². The summed E-state index contributed by atoms with van der Waals surface area (Å²) in [6.07, 6.45) is 2.80. The summed E-state index contributed by atoms with van der Waals surface area (Å²) in [5.41, 5.74) is 8.94. The second-order valence-electron chi connectivity index (χ2n) is 5.99. The lowest BCUT2D eigenvalue weighted by molar-refractivity contribution is 0.571. The third-order valence-corrected chi connectivity index (χ3v) is 4.32. The Bertz CT molecular complexity index is 1090. The fraction of sp³-hybridized carbons (Fsp3) is 0.100. The highest BCUT2D eigenvalue weighted by Crippen LogP contribution is 2.27. The van der Waals surface area contributed by atoms with Crippen molar-refractivity contribution in [2.24, 2.45) is 0 Å². The minimum Gasteiger partial charge on any atom is -0.382 e. The number of halogens is 2. The molecule has 0 atom stereocenters. The van der Waals surface area contributed by atoms with Crippen molar-refractivity contribution in [3.05, 3.63) is 77.5 Å². The zero-order chi connectivity index (χ0) is 17.4. The highest BCUT2D eigenvalue weighted by atomic mass is 19.1. The molecule has 0 radical (unpaired) electrons. The Kier molecular flexibility index (Phi) is 3.76. The number of nitrogens with zero attached hydrogens (tertiary/aromatic N) is 2. The van der Waals surface area contributed by atoms with E-state index in [1.807, 2.05) is 30.3 Å². The van der Waals surface area contributed by atoms with Crippen LogP contribution in [-0.2, 0) is 12.8 Å². The molecule has 0 aliphatic heterocycles. The van der Waals surface area contributed by atoms with E-state index >= 15 is 0 Å². The van der Waals surface area contributed by atoms with Crippen LogP contribution in [0.3, 0.4) is 0 Å². The highest BCUT2D eigenvalue weighted by Gasteiger charge is 2.09. The summed E-state index contributed by atoms with van der Waals surface area (Å²) in [4.78, 5) is 8.82. The number of anilines is 1. The number of para-hydroxylation sites is 1. The van der Waals surface area contributed by atoms with E-state index in [0.717, 1.165) is 27.9 Å². The van der Waals surface area contributed by atoms with Crippen LogP contribution in [0.5, 0.6) is 0 Å². The number of nitrogens with two attached hydrogens (primary N) is 1. The molecule has 0 aliphatic rings. The molecule has 0 bridgehead atoms. The van der Waals surface area contributed by atoms with Crippen LogP contribution in [0.15, 0.2) is 54.7 Å². The lowest BCUT2D eigenvalue weighted by Gasteiger charge is -2.08. The van der Waals surface area contributed by atoms with Crippen molar-refractivity contribution < 1.29 is 8.78 Å². The SMILES string of the molecule is Nc1nc2ccccc2c2cc(CCc3ccc(F)cc3F)cnc12. The second-order valence-corrected chi connectivity index (χ2v) is 5.99. The molecule has 2 aromatic carbocycles. The molecule has 0 spiro atoms. The molecule has 4 rings (SSSR count). The smallest absolute Gasteiger partial charge is 0.150 e. The van der Waals surface area contributed by atoms with E-state index in [-0.39, 0.29) is 0 Å². The van der Waals surface area contributed by atoms with Crippen molar-refractivity contribution in [2.45, 2.75) is 12.8 Å². The Balaban J connectivity index is 1.72. The Hall–Kier alpha value is -3.08. The number of aromatic nitrogens is 2. The Morgan fingerprint density at radius 2 is 1.76 bits per heavy atom. The first kappa shape index (κ1) is 15.4. The van der Waals surface area contributed by atoms with Gasteiger partial charge in [-0.05, 0) is 42.2 Å². The number of hydrogen-bond acceptors (Lipinski definition) is 3. The van der Waals surface area contributed by atoms with E-state index in [0.29, 0.717) is 29.7 Å². The van der Waals surface area contributed by atoms with Gasteiger partial charge in [-0.1, -0.05) is 24.3 Å². The van der Waals surface area contributed by atoms with Crippen molar-refractivity contribution in [1.82, 2.24) is 9.97 Å². The molecule has 0 saturated heterocycles. The van der Waals surface area contributed by atoms with Gasteiger partial charge in [-0.3, -0.25) is 4.98 Å². The van der Waals surface area contributed by atoms with Gasteiger partial charge in [0.15, 0.2) is 5.82 Å². The quantitative estimate of drug-likeness (QED) is 0.564. The van der Waals surface area contributed by atoms with Crippen LogP contribution >= 0.6 is 0 Å². The monoisotopic (exact) mass is 335 g/mol. The van der Waals surface area contributed by atoms with Gasteiger partial charge in [0.1, 0.15) is 17.2 Å². The molecular formula is C20H15F2N3. The third-order valence-electron chi connectivity index (χ3n) is 4.32. The van der Waals surface area contributed by atoms with Gasteiger partial charge in [-0.15, -0.1) is 0 Å². The maximum atomic E-state index is 13.8. The number of hydrogen-bond donors (Lipinski definition) is 1. The van der Waals surface area contributed by atoms with Crippen LogP contribution < -0.4 is 5.73 Å². The number of nitrogen functional groups attached to an aromatic ring is 1. The summed E-state index contributed by atoms with van der Waals surface area (Å²) in [7, 11) is 0. The molecule has 2 N–H and O–H groups in total. The van der Waals surface area contributed by atoms with Crippen molar-refractivity contribution >= 4 is 27.6 Å². The predicted molar refractivity (Wildman–Crippen MR) is 95.2 cm³/mol. The Morgan fingerprint density at radius 1 is 0.920 bits per heavy atom. The second kappa shape index (κ2) is 6.09. The normalized spacial score (nSPS) is 11.3. The maximum absolute atomic E-state index is 13.8. The van der Waals surface area contributed by atoms with Crippen molar-refractivity contribution in [3.8, 4) is 0 Å². The van der Waals surface area contributed by atoms with Gasteiger partial charge >= 0.3 is 0 Å². The minimum atomic E-state index is -0.567. The summed E-state index contributed by atoms with van der Waals surface area (Å²) in [6.45, 7) is 0. The zero-order valence-corrected chi connectivity index (χ0v) is 13.3. The van der Waals surface area contributed by atoms with Crippen molar-refractivity contribution in [2.75, 3.05) is 5.73 Å². The molecule has 2 aromatic heterocycles. The number of aryl methyl sites for hydroxylation is 2. The standard InChI is InChI=1S/C20H15F2N3/c21-14-8-7-13(17(22)10-14)6-5-12-9-16-15-3-1-2-4-18(15)25-20(23)19(16)24-11-12/h1-4,7-11H,5-6H2,(H2,23,25). The molecule has 3 nitrogen and oxygen atoms in total. The molecule has 0 unspecified atom stereocenters. The summed E-state index contributed by atoms with van der Waals surface area (Å²) < 4.78 is 26.8. The molecule has 4 aromatic rings. The summed E-state index contributed by atoms with van der Waals surface area (Å²) in [5.74, 6) is -0.694. The van der Waals surface area contributed by atoms with Gasteiger partial charge in [0.25, 0.3) is 0 Å². The van der Waals surface area contributed by atoms with E-state index in [4.69, 9.17) is 5.73 Å². The van der Waals surface area contributed by atoms with Crippen LogP contribution in [0.2, 0.25) is 0 Å². The topological polar surface area (TPSA) is 51.8 Å². The van der Waals surface area contributed by atoms with E-state index in [1.54, 1.807) is 6.20 Å². The molecule has 2 heterocycles. The first-order valence-corrected chi connectivity index (χ1v) is 7.98. The van der Waals surface area contributed by atoms with Crippen LogP contribution in [0.4, 0.5) is 14.6 Å². The van der Waals surface area contributed by atoms with Crippen molar-refractivity contribution in [1.29, 1.82) is 0 Å². The summed E-state index contributed by atoms with van der Waals surface area (Å²) >= 11 is 0. The zero-order valence-electron chi connectivity index (χ0n) is 13.3. The predicted octanol–water partition coefficient (Wildman–Crippen LogP) is 4.43. The minimum absolute atomic E-state index is 0.393. The average Bonchev–Trinajstić information content (AvgIpc) is 2.61. The Morgan fingerprint density at radius 3 is 2.60 bits per heavy atom. The van der Waals surface area contributed by atoms with E-state index in [9.17, 15) is 8.78 Å². The number of fused-ring (bicyclic) bond motifs is 3. The summed E-state index contributed by atoms with van der Waals surface area (Å²) in [6, 6.07) is 13.4. The number of rotatable bonds is 3. The van der Waals surface area contributed by atoms with E-state index in [2.05, 4.69) is 9.97 Å². The van der Waals surface area contributed by atoms with Crippen LogP contribution in [0.1, 0.15) is 11.1 Å². The fourth-order valence-electron chi connectivity index (χ4n) is 3.04. The van der Waals surface area contributed by atoms with Crippen LogP contribution in [-0.4, -0.2) is 9.97 Å². The van der Waals surface area contributed by atoms with Crippen LogP contribution in [0, 0.1) is 11.6 Å². The number of pyridine rings is 2. The fourth-order valence-corrected chi connectivity index (χ4v) is 3.04. The van der Waals surface area contributed by atoms with Gasteiger partial charge in [-0.2, -0.15) is 0 Å². The van der Waals surface area contributed by atoms with Gasteiger partial charge < -0.3 is 5.73 Å². The first-order chi connectivity index (χ1) is 12.1. The van der Waals surface area contributed by atoms with E-state index in [1.165, 1.54) is 12.1 Å². The molecular weight excluding hydrogens is 320 g/mol. The van der Waals surface area contributed by atoms with Crippen molar-refractivity contribution in [3.63, 3.8) is 0 Å². The molecule has 25 heavy (non-hydrogen) atoms. The Labute approximate surface area is 143 Å². The van der Waals surface area contributed by atoms with Gasteiger partial charge in [0.2, 0.25) is 0 Å². The molecule has 0 aliphatic carbocycles. The highest BCUT2D eigenvalue weighted by molar-refractivity contribution is 6.08. The molecule has 0 saturated carbocycles. The van der Waals surface area contributed by atoms with Gasteiger partial charge in [0, 0.05) is 23.0 Å². The lowest BCUT2D eigenvalue weighted by Crippen LogP contribution is -1.99. The van der Waals surface area contributed by atoms with Gasteiger partial charge in [-0.25, -0.2) is 13.8 Å². The van der Waals surface area contributed by atoms with Gasteiger partial charge in [0.05, 0.1) is 5.52 Å². The largest absolute Gasteiger partial charge is 0.382 e. The lowest BCUT2D eigenvalue weighted by atomic mass is 10.0.